The molecule has 0 radical (unpaired) electrons. The lowest BCUT2D eigenvalue weighted by molar-refractivity contribution is -0.261. The van der Waals surface area contributed by atoms with Crippen LogP contribution in [0.2, 0.25) is 5.02 Å². The van der Waals surface area contributed by atoms with E-state index in [9.17, 15) is 49.4 Å². The van der Waals surface area contributed by atoms with Crippen LogP contribution in [0.15, 0.2) is 36.4 Å². The Balaban J connectivity index is 2.43. The topological polar surface area (TPSA) is 61.4 Å². The van der Waals surface area contributed by atoms with Crippen molar-refractivity contribution in [2.75, 3.05) is 11.9 Å². The maximum Gasteiger partial charge on any atom is 0.423 e. The SMILES string of the molecule is CCC(=O)NCc1ccc(NC[C@@](O)(c2cc(C(F)(F)F)cc(C(F)(F)F)c2)C(F)(F)F)cc1Cl. The fourth-order valence-electron chi connectivity index (χ4n) is 2.91. The van der Waals surface area contributed by atoms with Crippen LogP contribution in [0.5, 0.6) is 0 Å². The van der Waals surface area contributed by atoms with Crippen LogP contribution in [-0.4, -0.2) is 23.7 Å². The number of halogens is 10. The van der Waals surface area contributed by atoms with Gasteiger partial charge in [-0.05, 0) is 41.5 Å². The van der Waals surface area contributed by atoms with Crippen LogP contribution < -0.4 is 10.6 Å². The first kappa shape index (κ1) is 28.6. The molecule has 0 aromatic heterocycles. The number of benzene rings is 2. The minimum atomic E-state index is -5.67. The zero-order valence-corrected chi connectivity index (χ0v) is 18.5. The van der Waals surface area contributed by atoms with Crippen molar-refractivity contribution in [2.24, 2.45) is 0 Å². The molecule has 0 aliphatic carbocycles. The molecule has 0 saturated heterocycles. The molecule has 194 valence electrons. The second-order valence-electron chi connectivity index (χ2n) is 7.44. The smallest absolute Gasteiger partial charge is 0.381 e. The molecular formula is C21H18ClF9N2O2. The van der Waals surface area contributed by atoms with E-state index in [2.05, 4.69) is 10.6 Å². The largest absolute Gasteiger partial charge is 0.423 e. The van der Waals surface area contributed by atoms with E-state index < -0.39 is 47.4 Å². The van der Waals surface area contributed by atoms with Crippen molar-refractivity contribution in [1.82, 2.24) is 5.32 Å². The second kappa shape index (κ2) is 10.1. The van der Waals surface area contributed by atoms with Crippen molar-refractivity contribution in [3.8, 4) is 0 Å². The van der Waals surface area contributed by atoms with Gasteiger partial charge in [-0.15, -0.1) is 0 Å². The standard InChI is InChI=1S/C21H18ClF9N2O2/c1-2-17(34)32-9-11-3-4-15(8-16(11)22)33-10-18(35,21(29,30)31)12-5-13(19(23,24)25)7-14(6-12)20(26,27)28/h3-8,33,35H,2,9-10H2,1H3,(H,32,34)/t18-/m1/s1. The lowest BCUT2D eigenvalue weighted by Gasteiger charge is -2.32. The highest BCUT2D eigenvalue weighted by Gasteiger charge is 2.56. The fourth-order valence-corrected chi connectivity index (χ4v) is 3.16. The van der Waals surface area contributed by atoms with Gasteiger partial charge in [0.2, 0.25) is 11.5 Å². The van der Waals surface area contributed by atoms with E-state index >= 15 is 0 Å². The van der Waals surface area contributed by atoms with E-state index in [0.717, 1.165) is 6.07 Å². The number of carbonyl (C=O) groups is 1. The predicted molar refractivity (Wildman–Crippen MR) is 108 cm³/mol. The van der Waals surface area contributed by atoms with E-state index in [1.54, 1.807) is 6.92 Å². The van der Waals surface area contributed by atoms with Crippen LogP contribution in [0.3, 0.4) is 0 Å². The molecule has 3 N–H and O–H groups in total. The highest BCUT2D eigenvalue weighted by atomic mass is 35.5. The quantitative estimate of drug-likeness (QED) is 0.366. The number of hydrogen-bond donors (Lipinski definition) is 3. The second-order valence-corrected chi connectivity index (χ2v) is 7.85. The summed E-state index contributed by atoms with van der Waals surface area (Å²) in [5, 5.41) is 15.0. The van der Waals surface area contributed by atoms with E-state index in [-0.39, 0.29) is 47.8 Å². The molecule has 0 fully saturated rings. The molecule has 2 rings (SSSR count). The Hall–Kier alpha value is -2.67. The van der Waals surface area contributed by atoms with Gasteiger partial charge < -0.3 is 15.7 Å². The van der Waals surface area contributed by atoms with Crippen molar-refractivity contribution in [2.45, 2.75) is 44.0 Å². The Morgan fingerprint density at radius 3 is 1.83 bits per heavy atom. The highest BCUT2D eigenvalue weighted by Crippen LogP contribution is 2.44. The van der Waals surface area contributed by atoms with Gasteiger partial charge >= 0.3 is 18.5 Å². The molecule has 0 aliphatic rings. The van der Waals surface area contributed by atoms with Crippen molar-refractivity contribution in [3.63, 3.8) is 0 Å². The third kappa shape index (κ3) is 6.94. The minimum absolute atomic E-state index is 0.000350. The zero-order valence-electron chi connectivity index (χ0n) is 17.7. The van der Waals surface area contributed by atoms with E-state index in [0.29, 0.717) is 5.56 Å². The van der Waals surface area contributed by atoms with Crippen LogP contribution >= 0.6 is 11.6 Å². The summed E-state index contributed by atoms with van der Waals surface area (Å²) in [6.07, 6.45) is -16.3. The fraction of sp³-hybridized carbons (Fsp3) is 0.381. The average molecular weight is 537 g/mol. The van der Waals surface area contributed by atoms with Crippen molar-refractivity contribution in [3.05, 3.63) is 63.7 Å². The zero-order chi connectivity index (χ0) is 26.8. The molecule has 2 aromatic carbocycles. The summed E-state index contributed by atoms with van der Waals surface area (Å²) < 4.78 is 120. The molecule has 0 saturated carbocycles. The van der Waals surface area contributed by atoms with E-state index in [4.69, 9.17) is 11.6 Å². The molecule has 0 heterocycles. The van der Waals surface area contributed by atoms with Gasteiger partial charge in [-0.25, -0.2) is 0 Å². The van der Waals surface area contributed by atoms with Gasteiger partial charge in [0.15, 0.2) is 0 Å². The average Bonchev–Trinajstić information content (AvgIpc) is 2.74. The Morgan fingerprint density at radius 2 is 1.40 bits per heavy atom. The van der Waals surface area contributed by atoms with Crippen LogP contribution in [0.25, 0.3) is 0 Å². The first-order valence-corrected chi connectivity index (χ1v) is 10.1. The lowest BCUT2D eigenvalue weighted by Crippen LogP contribution is -2.48. The molecule has 0 spiro atoms. The first-order chi connectivity index (χ1) is 15.9. The number of amides is 1. The van der Waals surface area contributed by atoms with Gasteiger partial charge in [0.05, 0.1) is 17.7 Å². The summed E-state index contributed by atoms with van der Waals surface area (Å²) in [5.41, 5.74) is -9.53. The van der Waals surface area contributed by atoms with Gasteiger partial charge in [0.1, 0.15) is 0 Å². The third-order valence-corrected chi connectivity index (χ3v) is 5.28. The van der Waals surface area contributed by atoms with Crippen molar-refractivity contribution < 1.29 is 49.4 Å². The first-order valence-electron chi connectivity index (χ1n) is 9.76. The Bertz CT molecular complexity index is 1040. The maximum atomic E-state index is 13.8. The van der Waals surface area contributed by atoms with E-state index in [1.807, 2.05) is 0 Å². The van der Waals surface area contributed by atoms with Gasteiger partial charge in [-0.3, -0.25) is 4.79 Å². The number of carbonyl (C=O) groups excluding carboxylic acids is 1. The number of aliphatic hydroxyl groups is 1. The molecule has 0 bridgehead atoms. The summed E-state index contributed by atoms with van der Waals surface area (Å²) in [6, 6.07) is 2.96. The third-order valence-electron chi connectivity index (χ3n) is 4.93. The molecular weight excluding hydrogens is 519 g/mol. The maximum absolute atomic E-state index is 13.8. The number of alkyl halides is 9. The van der Waals surface area contributed by atoms with Crippen LogP contribution in [0, 0.1) is 0 Å². The van der Waals surface area contributed by atoms with Crippen molar-refractivity contribution >= 4 is 23.2 Å². The van der Waals surface area contributed by atoms with Crippen LogP contribution in [0.1, 0.15) is 35.6 Å². The molecule has 1 atom stereocenters. The number of anilines is 1. The Kier molecular flexibility index (Phi) is 8.27. The monoisotopic (exact) mass is 536 g/mol. The summed E-state index contributed by atoms with van der Waals surface area (Å²) in [5.74, 6) is -0.294. The Morgan fingerprint density at radius 1 is 0.886 bits per heavy atom. The van der Waals surface area contributed by atoms with Gasteiger partial charge in [0, 0.05) is 23.7 Å². The summed E-state index contributed by atoms with van der Waals surface area (Å²) in [6.45, 7) is 0.0773. The molecule has 2 aromatic rings. The van der Waals surface area contributed by atoms with Gasteiger partial charge in [-0.2, -0.15) is 39.5 Å². The normalized spacial score (nSPS) is 14.4. The van der Waals surface area contributed by atoms with Gasteiger partial charge in [0.25, 0.3) is 0 Å². The van der Waals surface area contributed by atoms with Crippen molar-refractivity contribution in [1.29, 1.82) is 0 Å². The summed E-state index contributed by atoms with van der Waals surface area (Å²) in [4.78, 5) is 11.3. The number of rotatable bonds is 7. The lowest BCUT2D eigenvalue weighted by atomic mass is 9.89. The van der Waals surface area contributed by atoms with Crippen LogP contribution in [-0.2, 0) is 29.3 Å². The van der Waals surface area contributed by atoms with Crippen LogP contribution in [0.4, 0.5) is 45.2 Å². The van der Waals surface area contributed by atoms with E-state index in [1.165, 1.54) is 12.1 Å². The Labute approximate surface area is 198 Å². The highest BCUT2D eigenvalue weighted by molar-refractivity contribution is 6.31. The molecule has 35 heavy (non-hydrogen) atoms. The predicted octanol–water partition coefficient (Wildman–Crippen LogP) is 6.27. The summed E-state index contributed by atoms with van der Waals surface area (Å²) >= 11 is 6.03. The number of hydrogen-bond acceptors (Lipinski definition) is 3. The molecule has 1 amide bonds. The molecule has 0 unspecified atom stereocenters. The number of nitrogens with one attached hydrogen (secondary N) is 2. The van der Waals surface area contributed by atoms with Gasteiger partial charge in [-0.1, -0.05) is 24.6 Å². The minimum Gasteiger partial charge on any atom is -0.381 e. The summed E-state index contributed by atoms with van der Waals surface area (Å²) in [7, 11) is 0. The molecule has 4 nitrogen and oxygen atoms in total. The molecule has 0 aliphatic heterocycles. The molecule has 14 heteroatoms.